The normalized spacial score (nSPS) is 11.5. The van der Waals surface area contributed by atoms with Gasteiger partial charge in [0.2, 0.25) is 0 Å². The van der Waals surface area contributed by atoms with Gasteiger partial charge < -0.3 is 19.9 Å². The van der Waals surface area contributed by atoms with Crippen molar-refractivity contribution in [2.45, 2.75) is 39.5 Å². The molecule has 1 aromatic carbocycles. The number of para-hydroxylation sites is 1. The molecule has 6 nitrogen and oxygen atoms in total. The maximum absolute atomic E-state index is 12.5. The van der Waals surface area contributed by atoms with Crippen molar-refractivity contribution in [1.82, 2.24) is 15.2 Å². The van der Waals surface area contributed by atoms with E-state index < -0.39 is 6.61 Å². The van der Waals surface area contributed by atoms with E-state index in [9.17, 15) is 13.6 Å². The summed E-state index contributed by atoms with van der Waals surface area (Å²) in [6.07, 6.45) is 1.70. The van der Waals surface area contributed by atoms with Crippen LogP contribution in [0.4, 0.5) is 8.78 Å². The van der Waals surface area contributed by atoms with Gasteiger partial charge in [-0.05, 0) is 31.9 Å². The van der Waals surface area contributed by atoms with Gasteiger partial charge in [-0.1, -0.05) is 24.3 Å². The Labute approximate surface area is 163 Å². The minimum atomic E-state index is -2.86. The van der Waals surface area contributed by atoms with E-state index in [4.69, 9.17) is 0 Å². The van der Waals surface area contributed by atoms with Crippen LogP contribution >= 0.6 is 0 Å². The highest BCUT2D eigenvalue weighted by Gasteiger charge is 2.09. The Morgan fingerprint density at radius 3 is 2.64 bits per heavy atom. The fourth-order valence-corrected chi connectivity index (χ4v) is 2.77. The summed E-state index contributed by atoms with van der Waals surface area (Å²) in [4.78, 5) is 16.0. The van der Waals surface area contributed by atoms with Gasteiger partial charge in [-0.15, -0.1) is 0 Å². The third-order valence-electron chi connectivity index (χ3n) is 4.23. The first-order valence-electron chi connectivity index (χ1n) is 9.15. The molecule has 8 heteroatoms. The third-order valence-corrected chi connectivity index (χ3v) is 4.23. The van der Waals surface area contributed by atoms with Crippen molar-refractivity contribution >= 4 is 5.96 Å². The molecule has 0 radical (unpaired) electrons. The maximum atomic E-state index is 12.5. The molecule has 1 heterocycles. The largest absolute Gasteiger partial charge is 0.434 e. The van der Waals surface area contributed by atoms with E-state index in [1.807, 2.05) is 13.0 Å². The van der Waals surface area contributed by atoms with Crippen LogP contribution in [0.5, 0.6) is 5.75 Å². The number of hydrogen-bond acceptors (Lipinski definition) is 3. The molecular formula is C20H26F2N4O2. The molecule has 0 atom stereocenters. The van der Waals surface area contributed by atoms with Crippen LogP contribution in [-0.4, -0.2) is 30.7 Å². The fraction of sp³-hybridized carbons (Fsp3) is 0.400. The van der Waals surface area contributed by atoms with Crippen molar-refractivity contribution in [3.63, 3.8) is 0 Å². The zero-order valence-electron chi connectivity index (χ0n) is 16.1. The van der Waals surface area contributed by atoms with Gasteiger partial charge in [0.1, 0.15) is 5.75 Å². The van der Waals surface area contributed by atoms with Crippen LogP contribution in [-0.2, 0) is 13.1 Å². The predicted octanol–water partition coefficient (Wildman–Crippen LogP) is 2.90. The summed E-state index contributed by atoms with van der Waals surface area (Å²) < 4.78 is 31.2. The highest BCUT2D eigenvalue weighted by Crippen LogP contribution is 2.19. The van der Waals surface area contributed by atoms with Crippen LogP contribution in [0.1, 0.15) is 24.1 Å². The van der Waals surface area contributed by atoms with Gasteiger partial charge in [-0.25, -0.2) is 0 Å². The molecule has 0 aliphatic heterocycles. The number of aromatic nitrogens is 1. The Balaban J connectivity index is 1.76. The van der Waals surface area contributed by atoms with Crippen molar-refractivity contribution in [2.24, 2.45) is 4.99 Å². The van der Waals surface area contributed by atoms with Crippen molar-refractivity contribution in [3.8, 4) is 5.75 Å². The first kappa shape index (κ1) is 21.4. The second-order valence-corrected chi connectivity index (χ2v) is 6.20. The minimum Gasteiger partial charge on any atom is -0.434 e. The number of halogens is 2. The van der Waals surface area contributed by atoms with E-state index in [1.165, 1.54) is 6.07 Å². The lowest BCUT2D eigenvalue weighted by molar-refractivity contribution is -0.0504. The van der Waals surface area contributed by atoms with Gasteiger partial charge in [0.15, 0.2) is 5.96 Å². The highest BCUT2D eigenvalue weighted by molar-refractivity contribution is 5.79. The minimum absolute atomic E-state index is 0.00937. The van der Waals surface area contributed by atoms with Crippen molar-refractivity contribution in [3.05, 3.63) is 64.1 Å². The van der Waals surface area contributed by atoms with Crippen LogP contribution in [0.15, 0.2) is 52.3 Å². The number of hydrogen-bond donors (Lipinski definition) is 2. The van der Waals surface area contributed by atoms with E-state index in [0.717, 1.165) is 18.5 Å². The number of rotatable bonds is 9. The highest BCUT2D eigenvalue weighted by atomic mass is 19.3. The predicted molar refractivity (Wildman–Crippen MR) is 106 cm³/mol. The van der Waals surface area contributed by atoms with Gasteiger partial charge in [0.25, 0.3) is 5.56 Å². The summed E-state index contributed by atoms with van der Waals surface area (Å²) in [7, 11) is 1.64. The number of ether oxygens (including phenoxy) is 1. The molecule has 152 valence electrons. The first-order valence-corrected chi connectivity index (χ1v) is 9.15. The molecule has 0 fully saturated rings. The SMILES string of the molecule is CN=C(NCCCCn1c(C)cccc1=O)NCc1ccccc1OC(F)F. The van der Waals surface area contributed by atoms with Crippen LogP contribution in [0, 0.1) is 6.92 Å². The summed E-state index contributed by atoms with van der Waals surface area (Å²) in [5.74, 6) is 0.712. The number of unbranched alkanes of at least 4 members (excludes halogenated alkanes) is 1. The molecule has 0 bridgehead atoms. The molecule has 0 saturated heterocycles. The Morgan fingerprint density at radius 1 is 1.14 bits per heavy atom. The molecule has 0 aliphatic carbocycles. The Morgan fingerprint density at radius 2 is 1.93 bits per heavy atom. The molecule has 0 amide bonds. The number of benzene rings is 1. The molecule has 0 unspecified atom stereocenters. The van der Waals surface area contributed by atoms with Crippen LogP contribution < -0.4 is 20.9 Å². The van der Waals surface area contributed by atoms with Crippen LogP contribution in [0.3, 0.4) is 0 Å². The topological polar surface area (TPSA) is 67.7 Å². The second-order valence-electron chi connectivity index (χ2n) is 6.20. The van der Waals surface area contributed by atoms with Gasteiger partial charge in [0.05, 0.1) is 0 Å². The summed E-state index contributed by atoms with van der Waals surface area (Å²) in [6, 6.07) is 11.9. The number of alkyl halides is 2. The van der Waals surface area contributed by atoms with Crippen LogP contribution in [0.25, 0.3) is 0 Å². The summed E-state index contributed by atoms with van der Waals surface area (Å²) in [6.45, 7) is 0.703. The number of nitrogens with one attached hydrogen (secondary N) is 2. The molecule has 0 aliphatic rings. The van der Waals surface area contributed by atoms with E-state index in [2.05, 4.69) is 20.4 Å². The Hall–Kier alpha value is -2.90. The smallest absolute Gasteiger partial charge is 0.387 e. The van der Waals surface area contributed by atoms with E-state index >= 15 is 0 Å². The van der Waals surface area contributed by atoms with Crippen molar-refractivity contribution < 1.29 is 13.5 Å². The van der Waals surface area contributed by atoms with Crippen molar-refractivity contribution in [1.29, 1.82) is 0 Å². The molecule has 2 rings (SSSR count). The lowest BCUT2D eigenvalue weighted by Crippen LogP contribution is -2.37. The molecule has 0 saturated carbocycles. The third kappa shape index (κ3) is 6.68. The zero-order chi connectivity index (χ0) is 20.4. The average molecular weight is 392 g/mol. The van der Waals surface area contributed by atoms with Gasteiger partial charge in [-0.3, -0.25) is 9.79 Å². The molecular weight excluding hydrogens is 366 g/mol. The quantitative estimate of drug-likeness (QED) is 0.391. The molecule has 0 spiro atoms. The molecule has 2 N–H and O–H groups in total. The fourth-order valence-electron chi connectivity index (χ4n) is 2.77. The lowest BCUT2D eigenvalue weighted by atomic mass is 10.2. The molecule has 1 aromatic heterocycles. The maximum Gasteiger partial charge on any atom is 0.387 e. The molecule has 2 aromatic rings. The second kappa shape index (κ2) is 11.1. The van der Waals surface area contributed by atoms with E-state index in [0.29, 0.717) is 31.2 Å². The summed E-state index contributed by atoms with van der Waals surface area (Å²) in [5.41, 5.74) is 1.57. The van der Waals surface area contributed by atoms with Gasteiger partial charge in [-0.2, -0.15) is 8.78 Å². The molecule has 28 heavy (non-hydrogen) atoms. The monoisotopic (exact) mass is 392 g/mol. The number of pyridine rings is 1. The summed E-state index contributed by atoms with van der Waals surface area (Å²) >= 11 is 0. The Bertz CT molecular complexity index is 837. The lowest BCUT2D eigenvalue weighted by Gasteiger charge is -2.14. The standard InChI is InChI=1S/C20H26F2N4O2/c1-15-8-7-11-18(27)26(15)13-6-5-12-24-20(23-2)25-14-16-9-3-4-10-17(16)28-19(21)22/h3-4,7-11,19H,5-6,12-14H2,1-2H3,(H2,23,24,25). The number of nitrogens with zero attached hydrogens (tertiary/aromatic N) is 2. The summed E-state index contributed by atoms with van der Waals surface area (Å²) in [5, 5.41) is 6.26. The first-order chi connectivity index (χ1) is 13.5. The number of guanidine groups is 1. The van der Waals surface area contributed by atoms with E-state index in [1.54, 1.807) is 41.9 Å². The van der Waals surface area contributed by atoms with Crippen LogP contribution in [0.2, 0.25) is 0 Å². The number of aryl methyl sites for hydroxylation is 1. The zero-order valence-corrected chi connectivity index (χ0v) is 16.1. The van der Waals surface area contributed by atoms with Gasteiger partial charge in [0, 0.05) is 44.0 Å². The number of aliphatic imine (C=N–C) groups is 1. The average Bonchev–Trinajstić information content (AvgIpc) is 2.66. The Kier molecular flexibility index (Phi) is 8.45. The van der Waals surface area contributed by atoms with Crippen molar-refractivity contribution in [2.75, 3.05) is 13.6 Å². The van der Waals surface area contributed by atoms with E-state index in [-0.39, 0.29) is 11.3 Å². The van der Waals surface area contributed by atoms with Gasteiger partial charge >= 0.3 is 6.61 Å².